The van der Waals surface area contributed by atoms with Gasteiger partial charge < -0.3 is 9.88 Å². The van der Waals surface area contributed by atoms with Crippen molar-refractivity contribution >= 4 is 23.3 Å². The van der Waals surface area contributed by atoms with Gasteiger partial charge in [0.15, 0.2) is 10.2 Å². The minimum Gasteiger partial charge on any atom is -0.364 e. The second-order valence-corrected chi connectivity index (χ2v) is 4.54. The van der Waals surface area contributed by atoms with Crippen LogP contribution in [-0.4, -0.2) is 31.0 Å². The van der Waals surface area contributed by atoms with Crippen LogP contribution < -0.4 is 5.32 Å². The number of anilines is 1. The number of aryl methyl sites for hydroxylation is 1. The Morgan fingerprint density at radius 1 is 1.47 bits per heavy atom. The summed E-state index contributed by atoms with van der Waals surface area (Å²) in [5, 5.41) is 14.9. The maximum atomic E-state index is 11.2. The van der Waals surface area contributed by atoms with E-state index in [1.807, 2.05) is 14.0 Å². The molecule has 0 fully saturated rings. The number of nitro groups is 1. The monoisotopic (exact) mass is 280 g/mol. The third-order valence-electron chi connectivity index (χ3n) is 2.28. The molecule has 0 atom stereocenters. The zero-order chi connectivity index (χ0) is 13.8. The largest absolute Gasteiger partial charge is 0.364 e. The van der Waals surface area contributed by atoms with E-state index in [1.165, 1.54) is 6.33 Å². The molecule has 0 amide bonds. The van der Waals surface area contributed by atoms with Crippen molar-refractivity contribution < 1.29 is 4.92 Å². The van der Waals surface area contributed by atoms with Crippen molar-refractivity contribution in [3.8, 4) is 0 Å². The van der Waals surface area contributed by atoms with Crippen LogP contribution in [0.15, 0.2) is 28.9 Å². The third-order valence-corrected chi connectivity index (χ3v) is 3.35. The molecule has 0 aromatic carbocycles. The second kappa shape index (κ2) is 5.65. The summed E-state index contributed by atoms with van der Waals surface area (Å²) in [5.41, 5.74) is -0.127. The van der Waals surface area contributed by atoms with Gasteiger partial charge in [0, 0.05) is 26.0 Å². The van der Waals surface area contributed by atoms with E-state index in [0.29, 0.717) is 11.7 Å². The van der Waals surface area contributed by atoms with Gasteiger partial charge in [-0.15, -0.1) is 0 Å². The molecule has 0 aliphatic heterocycles. The second-order valence-electron chi connectivity index (χ2n) is 3.59. The first-order chi connectivity index (χ1) is 9.13. The molecule has 19 heavy (non-hydrogen) atoms. The first-order valence-corrected chi connectivity index (χ1v) is 6.33. The summed E-state index contributed by atoms with van der Waals surface area (Å²) in [6.45, 7) is 2.39. The average molecular weight is 280 g/mol. The zero-order valence-electron chi connectivity index (χ0n) is 10.4. The van der Waals surface area contributed by atoms with Crippen LogP contribution in [-0.2, 0) is 7.05 Å². The Labute approximate surface area is 113 Å². The number of aromatic nitrogens is 4. The molecule has 100 valence electrons. The van der Waals surface area contributed by atoms with Gasteiger partial charge in [-0.05, 0) is 18.7 Å². The van der Waals surface area contributed by atoms with Crippen molar-refractivity contribution in [2.75, 3.05) is 11.9 Å². The summed E-state index contributed by atoms with van der Waals surface area (Å²) in [5.74, 6) is 0.221. The zero-order valence-corrected chi connectivity index (χ0v) is 11.2. The Morgan fingerprint density at radius 3 is 2.84 bits per heavy atom. The number of hydrogen-bond acceptors (Lipinski definition) is 7. The number of rotatable bonds is 5. The molecule has 2 rings (SSSR count). The van der Waals surface area contributed by atoms with Crippen molar-refractivity contribution in [1.82, 2.24) is 19.5 Å². The Kier molecular flexibility index (Phi) is 3.95. The van der Waals surface area contributed by atoms with Crippen LogP contribution in [0.25, 0.3) is 0 Å². The minimum absolute atomic E-state index is 0.127. The molecular formula is C10H12N6O2S. The summed E-state index contributed by atoms with van der Waals surface area (Å²) >= 11 is 1.13. The molecule has 0 aliphatic carbocycles. The highest BCUT2D eigenvalue weighted by molar-refractivity contribution is 7.99. The lowest BCUT2D eigenvalue weighted by Crippen LogP contribution is -2.06. The van der Waals surface area contributed by atoms with Gasteiger partial charge in [-0.3, -0.25) is 10.1 Å². The number of nitrogens with zero attached hydrogens (tertiary/aromatic N) is 5. The Hall–Kier alpha value is -2.16. The highest BCUT2D eigenvalue weighted by Gasteiger charge is 2.24. The Morgan fingerprint density at radius 2 is 2.26 bits per heavy atom. The van der Waals surface area contributed by atoms with Crippen molar-refractivity contribution in [1.29, 1.82) is 0 Å². The first-order valence-electron chi connectivity index (χ1n) is 5.52. The molecule has 2 aromatic rings. The van der Waals surface area contributed by atoms with Crippen LogP contribution in [0, 0.1) is 10.1 Å². The SMILES string of the molecule is CCNc1ncnc(Sc2nccn2C)c1[N+](=O)[O-]. The fourth-order valence-corrected chi connectivity index (χ4v) is 2.29. The highest BCUT2D eigenvalue weighted by Crippen LogP contribution is 2.35. The third kappa shape index (κ3) is 2.81. The van der Waals surface area contributed by atoms with Crippen LogP contribution in [0.4, 0.5) is 11.5 Å². The molecule has 0 saturated carbocycles. The van der Waals surface area contributed by atoms with Crippen molar-refractivity contribution in [3.05, 3.63) is 28.8 Å². The number of hydrogen-bond donors (Lipinski definition) is 1. The van der Waals surface area contributed by atoms with E-state index in [4.69, 9.17) is 0 Å². The summed E-state index contributed by atoms with van der Waals surface area (Å²) < 4.78 is 1.77. The normalized spacial score (nSPS) is 10.4. The van der Waals surface area contributed by atoms with Crippen LogP contribution in [0.1, 0.15) is 6.92 Å². The van der Waals surface area contributed by atoms with Crippen molar-refractivity contribution in [3.63, 3.8) is 0 Å². The highest BCUT2D eigenvalue weighted by atomic mass is 32.2. The van der Waals surface area contributed by atoms with Gasteiger partial charge >= 0.3 is 5.69 Å². The van der Waals surface area contributed by atoms with Gasteiger partial charge in [-0.1, -0.05) is 0 Å². The van der Waals surface area contributed by atoms with E-state index in [9.17, 15) is 10.1 Å². The van der Waals surface area contributed by atoms with Crippen LogP contribution in [0.5, 0.6) is 0 Å². The Balaban J connectivity index is 2.42. The lowest BCUT2D eigenvalue weighted by atomic mass is 10.5. The summed E-state index contributed by atoms with van der Waals surface area (Å²) in [6.07, 6.45) is 4.69. The van der Waals surface area contributed by atoms with Crippen LogP contribution >= 0.6 is 11.8 Å². The van der Waals surface area contributed by atoms with Gasteiger partial charge in [-0.25, -0.2) is 15.0 Å². The van der Waals surface area contributed by atoms with E-state index in [0.717, 1.165) is 11.8 Å². The van der Waals surface area contributed by atoms with E-state index in [2.05, 4.69) is 20.3 Å². The van der Waals surface area contributed by atoms with Gasteiger partial charge in [0.2, 0.25) is 5.82 Å². The lowest BCUT2D eigenvalue weighted by molar-refractivity contribution is -0.387. The van der Waals surface area contributed by atoms with E-state index >= 15 is 0 Å². The quantitative estimate of drug-likeness (QED) is 0.505. The lowest BCUT2D eigenvalue weighted by Gasteiger charge is -2.06. The van der Waals surface area contributed by atoms with Crippen LogP contribution in [0.3, 0.4) is 0 Å². The maximum Gasteiger partial charge on any atom is 0.343 e. The molecule has 2 heterocycles. The van der Waals surface area contributed by atoms with Crippen molar-refractivity contribution in [2.24, 2.45) is 7.05 Å². The predicted molar refractivity (Wildman–Crippen MR) is 70.2 cm³/mol. The first kappa shape index (κ1) is 13.3. The fraction of sp³-hybridized carbons (Fsp3) is 0.300. The summed E-state index contributed by atoms with van der Waals surface area (Å²) in [6, 6.07) is 0. The molecular weight excluding hydrogens is 268 g/mol. The van der Waals surface area contributed by atoms with Crippen LogP contribution in [0.2, 0.25) is 0 Å². The smallest absolute Gasteiger partial charge is 0.343 e. The molecule has 1 N–H and O–H groups in total. The molecule has 0 aliphatic rings. The average Bonchev–Trinajstić information content (AvgIpc) is 2.75. The van der Waals surface area contributed by atoms with E-state index < -0.39 is 4.92 Å². The molecule has 0 saturated heterocycles. The molecule has 0 unspecified atom stereocenters. The molecule has 0 radical (unpaired) electrons. The van der Waals surface area contributed by atoms with E-state index in [-0.39, 0.29) is 16.5 Å². The van der Waals surface area contributed by atoms with Gasteiger partial charge in [-0.2, -0.15) is 0 Å². The van der Waals surface area contributed by atoms with Gasteiger partial charge in [0.05, 0.1) is 4.92 Å². The topological polar surface area (TPSA) is 98.8 Å². The number of imidazole rings is 1. The predicted octanol–water partition coefficient (Wildman–Crippen LogP) is 1.70. The molecule has 0 spiro atoms. The standard InChI is InChI=1S/C10H12N6O2S/c1-3-11-8-7(16(17)18)9(14-6-13-8)19-10-12-4-5-15(10)2/h4-6H,3H2,1-2H3,(H,11,13,14). The van der Waals surface area contributed by atoms with Gasteiger partial charge in [0.1, 0.15) is 6.33 Å². The van der Waals surface area contributed by atoms with Gasteiger partial charge in [0.25, 0.3) is 0 Å². The summed E-state index contributed by atoms with van der Waals surface area (Å²) in [4.78, 5) is 22.7. The molecule has 0 bridgehead atoms. The molecule has 8 nitrogen and oxygen atoms in total. The maximum absolute atomic E-state index is 11.2. The van der Waals surface area contributed by atoms with Crippen molar-refractivity contribution in [2.45, 2.75) is 17.1 Å². The summed E-state index contributed by atoms with van der Waals surface area (Å²) in [7, 11) is 1.81. The fourth-order valence-electron chi connectivity index (χ4n) is 1.44. The minimum atomic E-state index is -0.483. The molecule has 9 heteroatoms. The van der Waals surface area contributed by atoms with E-state index in [1.54, 1.807) is 17.0 Å². The molecule has 2 aromatic heterocycles. The number of nitrogens with one attached hydrogen (secondary N) is 1. The Bertz CT molecular complexity index is 599.